The van der Waals surface area contributed by atoms with Gasteiger partial charge in [0.2, 0.25) is 5.91 Å². The molecule has 2 atom stereocenters. The van der Waals surface area contributed by atoms with E-state index in [0.717, 1.165) is 6.42 Å². The van der Waals surface area contributed by atoms with E-state index in [4.69, 9.17) is 15.9 Å². The highest BCUT2D eigenvalue weighted by molar-refractivity contribution is 5.83. The van der Waals surface area contributed by atoms with Crippen molar-refractivity contribution in [3.05, 3.63) is 0 Å². The Kier molecular flexibility index (Phi) is 8.52. The first kappa shape index (κ1) is 17.4. The Morgan fingerprint density at radius 3 is 2.32 bits per heavy atom. The average molecular weight is 274 g/mol. The smallest absolute Gasteiger partial charge is 0.326 e. The second-order valence-electron chi connectivity index (χ2n) is 4.46. The molecule has 7 nitrogen and oxygen atoms in total. The first-order valence-electron chi connectivity index (χ1n) is 6.34. The standard InChI is InChI=1S/C12H22N2O5/c1-2-8(7-13)6-10(15)14-9(12(18)19)4-3-5-11(16)17/h8-9H,2-7,13H2,1H3,(H,14,15)(H,16,17)(H,18,19)/t8?,9-/m1/s1. The molecule has 0 rings (SSSR count). The number of carbonyl (C=O) groups is 3. The summed E-state index contributed by atoms with van der Waals surface area (Å²) in [7, 11) is 0. The van der Waals surface area contributed by atoms with Crippen LogP contribution in [0.5, 0.6) is 0 Å². The van der Waals surface area contributed by atoms with Gasteiger partial charge in [-0.25, -0.2) is 4.79 Å². The number of carboxylic acids is 2. The second-order valence-corrected chi connectivity index (χ2v) is 4.46. The molecule has 19 heavy (non-hydrogen) atoms. The minimum absolute atomic E-state index is 0.0356. The Bertz CT molecular complexity index is 315. The third-order valence-corrected chi connectivity index (χ3v) is 2.90. The summed E-state index contributed by atoms with van der Waals surface area (Å²) < 4.78 is 0. The summed E-state index contributed by atoms with van der Waals surface area (Å²) in [5.41, 5.74) is 5.47. The lowest BCUT2D eigenvalue weighted by molar-refractivity contribution is -0.142. The maximum atomic E-state index is 11.6. The van der Waals surface area contributed by atoms with Crippen LogP contribution in [0.4, 0.5) is 0 Å². The molecule has 0 aliphatic heterocycles. The molecule has 0 aromatic rings. The van der Waals surface area contributed by atoms with Crippen LogP contribution in [0.1, 0.15) is 39.0 Å². The average Bonchev–Trinajstić information content (AvgIpc) is 2.34. The number of amides is 1. The van der Waals surface area contributed by atoms with E-state index in [1.807, 2.05) is 6.92 Å². The Morgan fingerprint density at radius 2 is 1.89 bits per heavy atom. The zero-order valence-electron chi connectivity index (χ0n) is 11.1. The van der Waals surface area contributed by atoms with Crippen LogP contribution in [0, 0.1) is 5.92 Å². The van der Waals surface area contributed by atoms with E-state index in [2.05, 4.69) is 5.32 Å². The summed E-state index contributed by atoms with van der Waals surface area (Å²) in [5, 5.41) is 19.8. The van der Waals surface area contributed by atoms with Crippen LogP contribution in [-0.4, -0.2) is 40.6 Å². The molecule has 110 valence electrons. The summed E-state index contributed by atoms with van der Waals surface area (Å²) in [6.07, 6.45) is 1.14. The highest BCUT2D eigenvalue weighted by atomic mass is 16.4. The van der Waals surface area contributed by atoms with Gasteiger partial charge in [0.15, 0.2) is 0 Å². The van der Waals surface area contributed by atoms with Gasteiger partial charge >= 0.3 is 11.9 Å². The summed E-state index contributed by atoms with van der Waals surface area (Å²) >= 11 is 0. The number of hydrogen-bond acceptors (Lipinski definition) is 4. The van der Waals surface area contributed by atoms with E-state index in [9.17, 15) is 14.4 Å². The van der Waals surface area contributed by atoms with Gasteiger partial charge in [0, 0.05) is 12.8 Å². The summed E-state index contributed by atoms with van der Waals surface area (Å²) in [5.74, 6) is -2.46. The monoisotopic (exact) mass is 274 g/mol. The van der Waals surface area contributed by atoms with Crippen LogP contribution in [0.2, 0.25) is 0 Å². The number of nitrogens with two attached hydrogens (primary N) is 1. The largest absolute Gasteiger partial charge is 0.481 e. The van der Waals surface area contributed by atoms with Gasteiger partial charge in [0.1, 0.15) is 6.04 Å². The minimum atomic E-state index is -1.15. The Balaban J connectivity index is 4.22. The van der Waals surface area contributed by atoms with E-state index in [-0.39, 0.29) is 37.5 Å². The molecule has 0 heterocycles. The topological polar surface area (TPSA) is 130 Å². The number of rotatable bonds is 10. The molecule has 0 saturated carbocycles. The zero-order chi connectivity index (χ0) is 14.8. The van der Waals surface area contributed by atoms with Gasteiger partial charge in [-0.1, -0.05) is 13.3 Å². The van der Waals surface area contributed by atoms with Crippen molar-refractivity contribution in [2.75, 3.05) is 6.54 Å². The van der Waals surface area contributed by atoms with Gasteiger partial charge in [0.05, 0.1) is 0 Å². The fourth-order valence-electron chi connectivity index (χ4n) is 1.62. The van der Waals surface area contributed by atoms with E-state index in [1.54, 1.807) is 0 Å². The Hall–Kier alpha value is -1.63. The zero-order valence-corrected chi connectivity index (χ0v) is 11.1. The van der Waals surface area contributed by atoms with Crippen molar-refractivity contribution < 1.29 is 24.6 Å². The van der Waals surface area contributed by atoms with Gasteiger partial charge < -0.3 is 21.3 Å². The third kappa shape index (κ3) is 8.15. The molecule has 0 radical (unpaired) electrons. The van der Waals surface area contributed by atoms with Crippen LogP contribution in [0.15, 0.2) is 0 Å². The van der Waals surface area contributed by atoms with E-state index in [0.29, 0.717) is 6.54 Å². The fraction of sp³-hybridized carbons (Fsp3) is 0.750. The molecular weight excluding hydrogens is 252 g/mol. The molecule has 7 heteroatoms. The molecule has 5 N–H and O–H groups in total. The van der Waals surface area contributed by atoms with Crippen molar-refractivity contribution in [1.29, 1.82) is 0 Å². The maximum Gasteiger partial charge on any atom is 0.326 e. The maximum absolute atomic E-state index is 11.6. The number of aliphatic carboxylic acids is 2. The predicted octanol–water partition coefficient (Wildman–Crippen LogP) is 0.186. The molecule has 0 aliphatic carbocycles. The molecule has 0 aromatic carbocycles. The first-order valence-corrected chi connectivity index (χ1v) is 6.34. The highest BCUT2D eigenvalue weighted by Crippen LogP contribution is 2.07. The molecule has 1 unspecified atom stereocenters. The SMILES string of the molecule is CCC(CN)CC(=O)N[C@H](CCCC(=O)O)C(=O)O. The molecule has 0 bridgehead atoms. The van der Waals surface area contributed by atoms with Gasteiger partial charge in [-0.15, -0.1) is 0 Å². The summed E-state index contributed by atoms with van der Waals surface area (Å²) in [6, 6.07) is -1.04. The molecule has 1 amide bonds. The van der Waals surface area contributed by atoms with Crippen molar-refractivity contribution in [3.8, 4) is 0 Å². The van der Waals surface area contributed by atoms with Crippen LogP contribution < -0.4 is 11.1 Å². The molecule has 0 aromatic heterocycles. The first-order chi connectivity index (χ1) is 8.90. The van der Waals surface area contributed by atoms with Crippen molar-refractivity contribution in [3.63, 3.8) is 0 Å². The van der Waals surface area contributed by atoms with Crippen LogP contribution in [0.25, 0.3) is 0 Å². The highest BCUT2D eigenvalue weighted by Gasteiger charge is 2.21. The molecule has 0 aliphatic rings. The van der Waals surface area contributed by atoms with Gasteiger partial charge in [0.25, 0.3) is 0 Å². The normalized spacial score (nSPS) is 13.6. The van der Waals surface area contributed by atoms with Crippen LogP contribution >= 0.6 is 0 Å². The van der Waals surface area contributed by atoms with Gasteiger partial charge in [-0.2, -0.15) is 0 Å². The van der Waals surface area contributed by atoms with E-state index >= 15 is 0 Å². The molecule has 0 saturated heterocycles. The van der Waals surface area contributed by atoms with Gasteiger partial charge in [-0.05, 0) is 25.3 Å². The fourth-order valence-corrected chi connectivity index (χ4v) is 1.62. The minimum Gasteiger partial charge on any atom is -0.481 e. The Labute approximate surface area is 112 Å². The molecular formula is C12H22N2O5. The Morgan fingerprint density at radius 1 is 1.26 bits per heavy atom. The quantitative estimate of drug-likeness (QED) is 0.450. The van der Waals surface area contributed by atoms with Crippen LogP contribution in [0.3, 0.4) is 0 Å². The van der Waals surface area contributed by atoms with E-state index in [1.165, 1.54) is 0 Å². The second kappa shape index (κ2) is 9.32. The lowest BCUT2D eigenvalue weighted by atomic mass is 10.0. The van der Waals surface area contributed by atoms with Gasteiger partial charge in [-0.3, -0.25) is 9.59 Å². The lowest BCUT2D eigenvalue weighted by Crippen LogP contribution is -2.41. The molecule has 0 fully saturated rings. The lowest BCUT2D eigenvalue weighted by Gasteiger charge is -2.16. The van der Waals surface area contributed by atoms with Crippen LogP contribution in [-0.2, 0) is 14.4 Å². The van der Waals surface area contributed by atoms with Crippen molar-refractivity contribution in [2.45, 2.75) is 45.1 Å². The number of carbonyl (C=O) groups excluding carboxylic acids is 1. The predicted molar refractivity (Wildman–Crippen MR) is 68.5 cm³/mol. The van der Waals surface area contributed by atoms with Crippen molar-refractivity contribution >= 4 is 17.8 Å². The van der Waals surface area contributed by atoms with Crippen molar-refractivity contribution in [2.24, 2.45) is 11.7 Å². The number of carboxylic acid groups (broad SMARTS) is 2. The summed E-state index contributed by atoms with van der Waals surface area (Å²) in [4.78, 5) is 32.9. The summed E-state index contributed by atoms with van der Waals surface area (Å²) in [6.45, 7) is 2.28. The number of nitrogens with one attached hydrogen (secondary N) is 1. The number of hydrogen-bond donors (Lipinski definition) is 4. The van der Waals surface area contributed by atoms with Crippen molar-refractivity contribution in [1.82, 2.24) is 5.32 Å². The molecule has 0 spiro atoms. The van der Waals surface area contributed by atoms with E-state index < -0.39 is 18.0 Å². The third-order valence-electron chi connectivity index (χ3n) is 2.90.